The Kier molecular flexibility index (Phi) is 4.49. The van der Waals surface area contributed by atoms with Gasteiger partial charge in [0.2, 0.25) is 0 Å². The van der Waals surface area contributed by atoms with Crippen molar-refractivity contribution >= 4 is 17.3 Å². The second-order valence-electron chi connectivity index (χ2n) is 5.45. The highest BCUT2D eigenvalue weighted by Crippen LogP contribution is 2.28. The van der Waals surface area contributed by atoms with Crippen LogP contribution in [-0.4, -0.2) is 48.7 Å². The van der Waals surface area contributed by atoms with Crippen LogP contribution in [0, 0.1) is 0 Å². The molecule has 1 saturated heterocycles. The SMILES string of the molecule is CCC1CN(C)CCCN1c1cc(N)ccc1C(=O)O. The summed E-state index contributed by atoms with van der Waals surface area (Å²) in [6, 6.07) is 5.37. The summed E-state index contributed by atoms with van der Waals surface area (Å²) in [5.74, 6) is -0.896. The zero-order valence-electron chi connectivity index (χ0n) is 12.2. The summed E-state index contributed by atoms with van der Waals surface area (Å²) in [5, 5.41) is 9.39. The predicted octanol–water partition coefficient (Wildman–Crippen LogP) is 1.89. The van der Waals surface area contributed by atoms with Crippen LogP contribution in [0.3, 0.4) is 0 Å². The minimum absolute atomic E-state index is 0.322. The number of rotatable bonds is 3. The van der Waals surface area contributed by atoms with Crippen LogP contribution in [-0.2, 0) is 0 Å². The molecule has 1 unspecified atom stereocenters. The number of aromatic carboxylic acids is 1. The van der Waals surface area contributed by atoms with E-state index in [-0.39, 0.29) is 0 Å². The fourth-order valence-electron chi connectivity index (χ4n) is 2.88. The zero-order valence-corrected chi connectivity index (χ0v) is 12.2. The van der Waals surface area contributed by atoms with Gasteiger partial charge in [-0.2, -0.15) is 0 Å². The van der Waals surface area contributed by atoms with E-state index < -0.39 is 5.97 Å². The van der Waals surface area contributed by atoms with Crippen LogP contribution in [0.25, 0.3) is 0 Å². The third-order valence-corrected chi connectivity index (χ3v) is 3.93. The van der Waals surface area contributed by atoms with Crippen molar-refractivity contribution in [3.63, 3.8) is 0 Å². The molecule has 1 fully saturated rings. The molecule has 0 amide bonds. The Morgan fingerprint density at radius 3 is 2.85 bits per heavy atom. The van der Waals surface area contributed by atoms with Crippen LogP contribution < -0.4 is 10.6 Å². The first-order valence-corrected chi connectivity index (χ1v) is 7.11. The highest BCUT2D eigenvalue weighted by Gasteiger charge is 2.25. The summed E-state index contributed by atoms with van der Waals surface area (Å²) in [6.45, 7) is 5.00. The molecule has 20 heavy (non-hydrogen) atoms. The van der Waals surface area contributed by atoms with Gasteiger partial charge in [0.25, 0.3) is 0 Å². The number of nitrogens with zero attached hydrogens (tertiary/aromatic N) is 2. The number of benzene rings is 1. The van der Waals surface area contributed by atoms with Crippen LogP contribution in [0.15, 0.2) is 18.2 Å². The summed E-state index contributed by atoms with van der Waals surface area (Å²) in [5.41, 5.74) is 7.55. The lowest BCUT2D eigenvalue weighted by molar-refractivity contribution is 0.0697. The molecule has 1 heterocycles. The van der Waals surface area contributed by atoms with E-state index in [1.807, 2.05) is 0 Å². The molecular weight excluding hydrogens is 254 g/mol. The molecule has 0 bridgehead atoms. The number of likely N-dealkylation sites (N-methyl/N-ethyl adjacent to an activating group) is 1. The van der Waals surface area contributed by atoms with E-state index in [0.29, 0.717) is 17.3 Å². The fourth-order valence-corrected chi connectivity index (χ4v) is 2.88. The lowest BCUT2D eigenvalue weighted by Crippen LogP contribution is -2.40. The monoisotopic (exact) mass is 277 g/mol. The Hall–Kier alpha value is -1.75. The number of carbonyl (C=O) groups is 1. The largest absolute Gasteiger partial charge is 0.478 e. The second kappa shape index (κ2) is 6.13. The summed E-state index contributed by atoms with van der Waals surface area (Å²) in [7, 11) is 2.11. The molecule has 5 nitrogen and oxygen atoms in total. The third-order valence-electron chi connectivity index (χ3n) is 3.93. The van der Waals surface area contributed by atoms with Gasteiger partial charge in [0, 0.05) is 24.8 Å². The first-order chi connectivity index (χ1) is 9.52. The molecular formula is C15H23N3O2. The summed E-state index contributed by atoms with van der Waals surface area (Å²) >= 11 is 0. The standard InChI is InChI=1S/C15H23N3O2/c1-3-12-10-17(2)7-4-8-18(12)14-9-11(16)5-6-13(14)15(19)20/h5-6,9,12H,3-4,7-8,10,16H2,1-2H3,(H,19,20). The van der Waals surface area contributed by atoms with Gasteiger partial charge >= 0.3 is 5.97 Å². The summed E-state index contributed by atoms with van der Waals surface area (Å²) < 4.78 is 0. The van der Waals surface area contributed by atoms with Crippen molar-refractivity contribution in [3.8, 4) is 0 Å². The molecule has 0 aromatic heterocycles. The molecule has 5 heteroatoms. The minimum Gasteiger partial charge on any atom is -0.478 e. The smallest absolute Gasteiger partial charge is 0.337 e. The number of anilines is 2. The van der Waals surface area contributed by atoms with E-state index in [0.717, 1.165) is 38.2 Å². The van der Waals surface area contributed by atoms with Crippen molar-refractivity contribution in [2.24, 2.45) is 0 Å². The van der Waals surface area contributed by atoms with Gasteiger partial charge in [0.1, 0.15) is 0 Å². The average Bonchev–Trinajstić information content (AvgIpc) is 2.59. The third kappa shape index (κ3) is 3.04. The molecule has 1 aliphatic rings. The molecule has 0 aliphatic carbocycles. The topological polar surface area (TPSA) is 69.8 Å². The Labute approximate surface area is 120 Å². The molecule has 2 rings (SSSR count). The fraction of sp³-hybridized carbons (Fsp3) is 0.533. The normalized spacial score (nSPS) is 20.7. The Bertz CT molecular complexity index is 490. The Balaban J connectivity index is 2.41. The first-order valence-electron chi connectivity index (χ1n) is 7.11. The summed E-state index contributed by atoms with van der Waals surface area (Å²) in [4.78, 5) is 16.0. The Morgan fingerprint density at radius 1 is 1.45 bits per heavy atom. The maximum atomic E-state index is 11.4. The molecule has 110 valence electrons. The van der Waals surface area contributed by atoms with E-state index in [9.17, 15) is 9.90 Å². The van der Waals surface area contributed by atoms with Crippen LogP contribution in [0.2, 0.25) is 0 Å². The van der Waals surface area contributed by atoms with Gasteiger partial charge in [-0.05, 0) is 44.6 Å². The van der Waals surface area contributed by atoms with Crippen molar-refractivity contribution in [2.75, 3.05) is 37.3 Å². The van der Waals surface area contributed by atoms with Crippen LogP contribution in [0.5, 0.6) is 0 Å². The Morgan fingerprint density at radius 2 is 2.20 bits per heavy atom. The second-order valence-corrected chi connectivity index (χ2v) is 5.45. The lowest BCUT2D eigenvalue weighted by Gasteiger charge is -2.33. The van der Waals surface area contributed by atoms with E-state index in [1.54, 1.807) is 18.2 Å². The molecule has 1 atom stereocenters. The maximum absolute atomic E-state index is 11.4. The summed E-state index contributed by atoms with van der Waals surface area (Å²) in [6.07, 6.45) is 2.01. The van der Waals surface area contributed by atoms with Gasteiger partial charge in [0.15, 0.2) is 0 Å². The average molecular weight is 277 g/mol. The van der Waals surface area contributed by atoms with Gasteiger partial charge in [0.05, 0.1) is 11.3 Å². The number of nitrogen functional groups attached to an aromatic ring is 1. The van der Waals surface area contributed by atoms with Crippen molar-refractivity contribution in [3.05, 3.63) is 23.8 Å². The number of hydrogen-bond donors (Lipinski definition) is 2. The van der Waals surface area contributed by atoms with Crippen molar-refractivity contribution in [2.45, 2.75) is 25.8 Å². The zero-order chi connectivity index (χ0) is 14.7. The molecule has 1 aromatic rings. The maximum Gasteiger partial charge on any atom is 0.337 e. The first kappa shape index (κ1) is 14.7. The highest BCUT2D eigenvalue weighted by atomic mass is 16.4. The molecule has 0 radical (unpaired) electrons. The highest BCUT2D eigenvalue weighted by molar-refractivity contribution is 5.95. The molecule has 0 spiro atoms. The molecule has 1 aromatic carbocycles. The van der Waals surface area contributed by atoms with Crippen molar-refractivity contribution < 1.29 is 9.90 Å². The predicted molar refractivity (Wildman–Crippen MR) is 81.4 cm³/mol. The number of nitrogens with two attached hydrogens (primary N) is 1. The molecule has 0 saturated carbocycles. The van der Waals surface area contributed by atoms with E-state index in [4.69, 9.17) is 5.73 Å². The quantitative estimate of drug-likeness (QED) is 0.826. The number of hydrogen-bond acceptors (Lipinski definition) is 4. The van der Waals surface area contributed by atoms with Gasteiger partial charge < -0.3 is 20.6 Å². The van der Waals surface area contributed by atoms with Gasteiger partial charge in [-0.3, -0.25) is 0 Å². The van der Waals surface area contributed by atoms with E-state index in [1.165, 1.54) is 0 Å². The van der Waals surface area contributed by atoms with Crippen LogP contribution in [0.1, 0.15) is 30.1 Å². The lowest BCUT2D eigenvalue weighted by atomic mass is 10.1. The van der Waals surface area contributed by atoms with Crippen LogP contribution in [0.4, 0.5) is 11.4 Å². The van der Waals surface area contributed by atoms with Crippen molar-refractivity contribution in [1.29, 1.82) is 0 Å². The molecule has 3 N–H and O–H groups in total. The van der Waals surface area contributed by atoms with Crippen molar-refractivity contribution in [1.82, 2.24) is 4.90 Å². The van der Waals surface area contributed by atoms with Gasteiger partial charge in [-0.15, -0.1) is 0 Å². The number of carboxylic acid groups (broad SMARTS) is 1. The minimum atomic E-state index is -0.896. The van der Waals surface area contributed by atoms with E-state index >= 15 is 0 Å². The van der Waals surface area contributed by atoms with Gasteiger partial charge in [-0.25, -0.2) is 4.79 Å². The van der Waals surface area contributed by atoms with Gasteiger partial charge in [-0.1, -0.05) is 6.92 Å². The van der Waals surface area contributed by atoms with Crippen LogP contribution >= 0.6 is 0 Å². The van der Waals surface area contributed by atoms with E-state index in [2.05, 4.69) is 23.8 Å². The number of carboxylic acids is 1. The molecule has 1 aliphatic heterocycles.